The van der Waals surface area contributed by atoms with Gasteiger partial charge in [-0.2, -0.15) is 0 Å². The number of rotatable bonds is 4. The summed E-state index contributed by atoms with van der Waals surface area (Å²) in [5.41, 5.74) is 6.31. The second-order valence-electron chi connectivity index (χ2n) is 4.78. The van der Waals surface area contributed by atoms with Crippen LogP contribution in [-0.4, -0.2) is 17.2 Å². The van der Waals surface area contributed by atoms with Gasteiger partial charge < -0.3 is 11.1 Å². The SMILES string of the molecule is CCSc1cccc(NC(=O)C2(N)CCCC2)c1. The Morgan fingerprint density at radius 1 is 1.44 bits per heavy atom. The van der Waals surface area contributed by atoms with Gasteiger partial charge in [-0.1, -0.05) is 25.8 Å². The molecule has 0 bridgehead atoms. The van der Waals surface area contributed by atoms with Crippen molar-refractivity contribution in [2.45, 2.75) is 43.0 Å². The van der Waals surface area contributed by atoms with E-state index in [9.17, 15) is 4.79 Å². The molecular weight excluding hydrogens is 244 g/mol. The Kier molecular flexibility index (Phi) is 4.30. The van der Waals surface area contributed by atoms with Crippen LogP contribution in [0.15, 0.2) is 29.2 Å². The summed E-state index contributed by atoms with van der Waals surface area (Å²) in [5, 5.41) is 2.95. The van der Waals surface area contributed by atoms with E-state index in [4.69, 9.17) is 5.73 Å². The summed E-state index contributed by atoms with van der Waals surface area (Å²) in [6, 6.07) is 7.93. The molecule has 2 rings (SSSR count). The van der Waals surface area contributed by atoms with Gasteiger partial charge in [-0.05, 0) is 36.8 Å². The monoisotopic (exact) mass is 264 g/mol. The molecule has 0 radical (unpaired) electrons. The van der Waals surface area contributed by atoms with Gasteiger partial charge in [-0.3, -0.25) is 4.79 Å². The Labute approximate surface area is 113 Å². The predicted molar refractivity (Wildman–Crippen MR) is 76.9 cm³/mol. The normalized spacial score (nSPS) is 17.7. The summed E-state index contributed by atoms with van der Waals surface area (Å²) in [5.74, 6) is 0.983. The minimum atomic E-state index is -0.659. The predicted octanol–water partition coefficient (Wildman–Crippen LogP) is 3.01. The third-order valence-corrected chi connectivity index (χ3v) is 4.23. The molecule has 0 atom stereocenters. The zero-order valence-corrected chi connectivity index (χ0v) is 11.6. The van der Waals surface area contributed by atoms with Crippen molar-refractivity contribution in [3.63, 3.8) is 0 Å². The summed E-state index contributed by atoms with van der Waals surface area (Å²) >= 11 is 1.77. The van der Waals surface area contributed by atoms with Crippen molar-refractivity contribution >= 4 is 23.4 Å². The van der Waals surface area contributed by atoms with Crippen LogP contribution in [0.5, 0.6) is 0 Å². The van der Waals surface area contributed by atoms with Gasteiger partial charge in [0, 0.05) is 10.6 Å². The molecule has 0 saturated heterocycles. The Morgan fingerprint density at radius 3 is 2.83 bits per heavy atom. The maximum absolute atomic E-state index is 12.2. The Bertz CT molecular complexity index is 428. The average Bonchev–Trinajstić information content (AvgIpc) is 2.78. The molecule has 1 amide bonds. The number of thioether (sulfide) groups is 1. The van der Waals surface area contributed by atoms with Crippen molar-refractivity contribution in [3.8, 4) is 0 Å². The van der Waals surface area contributed by atoms with Crippen LogP contribution in [0.4, 0.5) is 5.69 Å². The van der Waals surface area contributed by atoms with Crippen LogP contribution in [-0.2, 0) is 4.79 Å². The molecule has 1 aliphatic carbocycles. The molecule has 1 aliphatic rings. The van der Waals surface area contributed by atoms with Crippen LogP contribution in [0.2, 0.25) is 0 Å². The molecule has 1 fully saturated rings. The van der Waals surface area contributed by atoms with E-state index in [1.165, 1.54) is 4.90 Å². The maximum Gasteiger partial charge on any atom is 0.244 e. The van der Waals surface area contributed by atoms with Crippen molar-refractivity contribution in [2.75, 3.05) is 11.1 Å². The highest BCUT2D eigenvalue weighted by atomic mass is 32.2. The third kappa shape index (κ3) is 3.06. The Morgan fingerprint density at radius 2 is 2.17 bits per heavy atom. The highest BCUT2D eigenvalue weighted by Gasteiger charge is 2.36. The molecule has 3 N–H and O–H groups in total. The van der Waals surface area contributed by atoms with Crippen molar-refractivity contribution < 1.29 is 4.79 Å². The minimum Gasteiger partial charge on any atom is -0.324 e. The summed E-state index contributed by atoms with van der Waals surface area (Å²) in [6.45, 7) is 2.11. The van der Waals surface area contributed by atoms with Gasteiger partial charge in [0.1, 0.15) is 0 Å². The van der Waals surface area contributed by atoms with E-state index in [0.29, 0.717) is 0 Å². The summed E-state index contributed by atoms with van der Waals surface area (Å²) in [4.78, 5) is 13.3. The lowest BCUT2D eigenvalue weighted by Gasteiger charge is -2.22. The first-order valence-electron chi connectivity index (χ1n) is 6.47. The lowest BCUT2D eigenvalue weighted by Crippen LogP contribution is -2.48. The van der Waals surface area contributed by atoms with Crippen molar-refractivity contribution in [3.05, 3.63) is 24.3 Å². The Balaban J connectivity index is 2.04. The van der Waals surface area contributed by atoms with Gasteiger partial charge in [0.15, 0.2) is 0 Å². The van der Waals surface area contributed by atoms with Gasteiger partial charge in [0.2, 0.25) is 5.91 Å². The molecule has 0 spiro atoms. The van der Waals surface area contributed by atoms with E-state index in [-0.39, 0.29) is 5.91 Å². The Hall–Kier alpha value is -1.00. The fourth-order valence-electron chi connectivity index (χ4n) is 2.32. The first-order chi connectivity index (χ1) is 8.64. The number of hydrogen-bond acceptors (Lipinski definition) is 3. The zero-order chi connectivity index (χ0) is 13.0. The molecule has 1 saturated carbocycles. The quantitative estimate of drug-likeness (QED) is 0.822. The number of hydrogen-bond donors (Lipinski definition) is 2. The molecular formula is C14H20N2OS. The molecule has 4 heteroatoms. The molecule has 0 aliphatic heterocycles. The summed E-state index contributed by atoms with van der Waals surface area (Å²) in [6.07, 6.45) is 3.69. The number of amides is 1. The van der Waals surface area contributed by atoms with E-state index in [0.717, 1.165) is 37.1 Å². The molecule has 1 aromatic carbocycles. The molecule has 3 nitrogen and oxygen atoms in total. The standard InChI is InChI=1S/C14H20N2OS/c1-2-18-12-7-5-6-11(10-12)16-13(17)14(15)8-3-4-9-14/h5-7,10H,2-4,8-9,15H2,1H3,(H,16,17). The molecule has 0 unspecified atom stereocenters. The number of benzene rings is 1. The highest BCUT2D eigenvalue weighted by molar-refractivity contribution is 7.99. The smallest absolute Gasteiger partial charge is 0.244 e. The van der Waals surface area contributed by atoms with Crippen LogP contribution in [0.25, 0.3) is 0 Å². The van der Waals surface area contributed by atoms with E-state index in [1.54, 1.807) is 11.8 Å². The number of carbonyl (C=O) groups excluding carboxylic acids is 1. The van der Waals surface area contributed by atoms with Crippen molar-refractivity contribution in [2.24, 2.45) is 5.73 Å². The number of carbonyl (C=O) groups is 1. The second-order valence-corrected chi connectivity index (χ2v) is 6.12. The van der Waals surface area contributed by atoms with Gasteiger partial charge in [0.25, 0.3) is 0 Å². The fraction of sp³-hybridized carbons (Fsp3) is 0.500. The van der Waals surface area contributed by atoms with Crippen LogP contribution in [0.1, 0.15) is 32.6 Å². The van der Waals surface area contributed by atoms with E-state index in [2.05, 4.69) is 18.3 Å². The van der Waals surface area contributed by atoms with Crippen molar-refractivity contribution in [1.82, 2.24) is 0 Å². The first-order valence-corrected chi connectivity index (χ1v) is 7.46. The molecule has 0 heterocycles. The van der Waals surface area contributed by atoms with Gasteiger partial charge >= 0.3 is 0 Å². The number of anilines is 1. The largest absolute Gasteiger partial charge is 0.324 e. The maximum atomic E-state index is 12.2. The summed E-state index contributed by atoms with van der Waals surface area (Å²) < 4.78 is 0. The molecule has 1 aromatic rings. The number of nitrogens with two attached hydrogens (primary N) is 1. The lowest BCUT2D eigenvalue weighted by molar-refractivity contribution is -0.121. The van der Waals surface area contributed by atoms with Crippen LogP contribution in [0, 0.1) is 0 Å². The van der Waals surface area contributed by atoms with Gasteiger partial charge in [-0.15, -0.1) is 11.8 Å². The zero-order valence-electron chi connectivity index (χ0n) is 10.7. The third-order valence-electron chi connectivity index (χ3n) is 3.35. The highest BCUT2D eigenvalue weighted by Crippen LogP contribution is 2.29. The fourth-order valence-corrected chi connectivity index (χ4v) is 3.04. The van der Waals surface area contributed by atoms with Crippen molar-refractivity contribution in [1.29, 1.82) is 0 Å². The van der Waals surface area contributed by atoms with Crippen LogP contribution >= 0.6 is 11.8 Å². The topological polar surface area (TPSA) is 55.1 Å². The summed E-state index contributed by atoms with van der Waals surface area (Å²) in [7, 11) is 0. The van der Waals surface area contributed by atoms with Gasteiger partial charge in [-0.25, -0.2) is 0 Å². The van der Waals surface area contributed by atoms with Gasteiger partial charge in [0.05, 0.1) is 5.54 Å². The van der Waals surface area contributed by atoms with E-state index >= 15 is 0 Å². The van der Waals surface area contributed by atoms with E-state index in [1.807, 2.05) is 18.2 Å². The minimum absolute atomic E-state index is 0.0429. The van der Waals surface area contributed by atoms with E-state index < -0.39 is 5.54 Å². The molecule has 98 valence electrons. The van der Waals surface area contributed by atoms with Crippen LogP contribution in [0.3, 0.4) is 0 Å². The second kappa shape index (κ2) is 5.76. The molecule has 0 aromatic heterocycles. The average molecular weight is 264 g/mol. The number of nitrogens with one attached hydrogen (secondary N) is 1. The first kappa shape index (κ1) is 13.4. The molecule has 18 heavy (non-hydrogen) atoms. The lowest BCUT2D eigenvalue weighted by atomic mass is 9.98. The van der Waals surface area contributed by atoms with Crippen LogP contribution < -0.4 is 11.1 Å².